The Labute approximate surface area is 261 Å². The van der Waals surface area contributed by atoms with E-state index in [0.717, 1.165) is 6.42 Å². The van der Waals surface area contributed by atoms with Crippen molar-refractivity contribution in [2.75, 3.05) is 10.6 Å². The van der Waals surface area contributed by atoms with Crippen molar-refractivity contribution in [3.63, 3.8) is 0 Å². The lowest BCUT2D eigenvalue weighted by Crippen LogP contribution is -2.23. The Kier molecular flexibility index (Phi) is 9.03. The second-order valence-electron chi connectivity index (χ2n) is 14.2. The first-order valence-corrected chi connectivity index (χ1v) is 17.4. The van der Waals surface area contributed by atoms with E-state index in [1.807, 2.05) is 0 Å². The van der Waals surface area contributed by atoms with Crippen molar-refractivity contribution in [3.8, 4) is 0 Å². The Morgan fingerprint density at radius 3 is 1.30 bits per heavy atom. The Bertz CT molecular complexity index is 1360. The van der Waals surface area contributed by atoms with E-state index in [1.54, 1.807) is 0 Å². The van der Waals surface area contributed by atoms with E-state index < -0.39 is 0 Å². The lowest BCUT2D eigenvalue weighted by atomic mass is 9.88. The molecule has 2 heteroatoms. The van der Waals surface area contributed by atoms with Crippen LogP contribution >= 0.6 is 0 Å². The molecule has 2 saturated carbocycles. The molecule has 0 heterocycles. The molecule has 0 spiro atoms. The standard InChI is InChI=1S/C41H54N2/c1-26-21-28(3)40(30(26)5)36-24-32(17-19-38(36)42-34-13-9-7-10-14-34)23-33-18-20-39(43-35-15-11-8-12-16-35)37(25-33)41-29(4)22-27(2)31(41)6/h17-22,24-25,28-29,34-35,42-43H,7-16,23H2,1-6H3. The highest BCUT2D eigenvalue weighted by atomic mass is 14.9. The molecule has 2 aromatic rings. The van der Waals surface area contributed by atoms with Crippen LogP contribution in [-0.4, -0.2) is 12.1 Å². The van der Waals surface area contributed by atoms with E-state index in [9.17, 15) is 0 Å². The minimum Gasteiger partial charge on any atom is -0.382 e. The summed E-state index contributed by atoms with van der Waals surface area (Å²) in [6.45, 7) is 13.9. The molecular weight excluding hydrogens is 520 g/mol. The normalized spacial score (nSPS) is 23.6. The quantitative estimate of drug-likeness (QED) is 0.328. The van der Waals surface area contributed by atoms with Crippen LogP contribution in [0.2, 0.25) is 0 Å². The van der Waals surface area contributed by atoms with E-state index in [4.69, 9.17) is 0 Å². The highest BCUT2D eigenvalue weighted by Gasteiger charge is 2.26. The van der Waals surface area contributed by atoms with Gasteiger partial charge in [0.15, 0.2) is 0 Å². The topological polar surface area (TPSA) is 24.1 Å². The van der Waals surface area contributed by atoms with Gasteiger partial charge in [-0.15, -0.1) is 0 Å². The fraction of sp³-hybridized carbons (Fsp3) is 0.512. The lowest BCUT2D eigenvalue weighted by Gasteiger charge is -2.27. The highest BCUT2D eigenvalue weighted by molar-refractivity contribution is 5.86. The second-order valence-corrected chi connectivity index (χ2v) is 14.2. The zero-order chi connectivity index (χ0) is 30.1. The third-order valence-electron chi connectivity index (χ3n) is 11.0. The van der Waals surface area contributed by atoms with Crippen molar-refractivity contribution in [1.29, 1.82) is 0 Å². The maximum Gasteiger partial charge on any atom is 0.0419 e. The monoisotopic (exact) mass is 574 g/mol. The zero-order valence-electron chi connectivity index (χ0n) is 27.7. The van der Waals surface area contributed by atoms with E-state index in [-0.39, 0.29) is 0 Å². The zero-order valence-corrected chi connectivity index (χ0v) is 27.7. The summed E-state index contributed by atoms with van der Waals surface area (Å²) in [6.07, 6.45) is 19.2. The number of hydrogen-bond donors (Lipinski definition) is 2. The molecule has 2 unspecified atom stereocenters. The van der Waals surface area contributed by atoms with Crippen molar-refractivity contribution in [2.45, 2.75) is 124 Å². The van der Waals surface area contributed by atoms with Crippen molar-refractivity contribution >= 4 is 22.5 Å². The number of rotatable bonds is 8. The first-order valence-electron chi connectivity index (χ1n) is 17.4. The average molecular weight is 575 g/mol. The van der Waals surface area contributed by atoms with Crippen LogP contribution in [0, 0.1) is 11.8 Å². The molecule has 43 heavy (non-hydrogen) atoms. The predicted molar refractivity (Wildman–Crippen MR) is 188 cm³/mol. The van der Waals surface area contributed by atoms with Crippen LogP contribution in [-0.2, 0) is 6.42 Å². The molecule has 0 aliphatic heterocycles. The van der Waals surface area contributed by atoms with Gasteiger partial charge in [0.1, 0.15) is 0 Å². The van der Waals surface area contributed by atoms with Crippen molar-refractivity contribution in [1.82, 2.24) is 0 Å². The van der Waals surface area contributed by atoms with Gasteiger partial charge in [-0.25, -0.2) is 0 Å². The Morgan fingerprint density at radius 1 is 0.558 bits per heavy atom. The van der Waals surface area contributed by atoms with E-state index in [1.165, 1.54) is 131 Å². The predicted octanol–water partition coefficient (Wildman–Crippen LogP) is 11.5. The average Bonchev–Trinajstić information content (AvgIpc) is 3.41. The Hall–Kier alpha value is -3.00. The van der Waals surface area contributed by atoms with Gasteiger partial charge in [0, 0.05) is 46.4 Å². The minimum absolute atomic E-state index is 0.452. The summed E-state index contributed by atoms with van der Waals surface area (Å²) < 4.78 is 0. The van der Waals surface area contributed by atoms with Gasteiger partial charge < -0.3 is 10.6 Å². The molecule has 2 nitrogen and oxygen atoms in total. The van der Waals surface area contributed by atoms with Crippen molar-refractivity contribution in [2.24, 2.45) is 11.8 Å². The summed E-state index contributed by atoms with van der Waals surface area (Å²) >= 11 is 0. The van der Waals surface area contributed by atoms with Crippen LogP contribution in [0.25, 0.3) is 11.1 Å². The summed E-state index contributed by atoms with van der Waals surface area (Å²) in [6, 6.07) is 15.7. The van der Waals surface area contributed by atoms with Crippen LogP contribution < -0.4 is 10.6 Å². The van der Waals surface area contributed by atoms with Crippen molar-refractivity contribution < 1.29 is 0 Å². The van der Waals surface area contributed by atoms with Crippen LogP contribution in [0.15, 0.2) is 70.8 Å². The molecule has 2 N–H and O–H groups in total. The first-order chi connectivity index (χ1) is 20.8. The molecule has 4 aliphatic rings. The van der Waals surface area contributed by atoms with Crippen molar-refractivity contribution in [3.05, 3.63) is 93.1 Å². The third kappa shape index (κ3) is 6.45. The molecule has 228 valence electrons. The highest BCUT2D eigenvalue weighted by Crippen LogP contribution is 2.43. The molecular formula is C41H54N2. The van der Waals surface area contributed by atoms with Gasteiger partial charge >= 0.3 is 0 Å². The fourth-order valence-electron chi connectivity index (χ4n) is 8.44. The van der Waals surface area contributed by atoms with Crippen LogP contribution in [0.4, 0.5) is 11.4 Å². The number of anilines is 2. The number of allylic oxidation sites excluding steroid dienone is 8. The molecule has 0 radical (unpaired) electrons. The number of benzene rings is 2. The largest absolute Gasteiger partial charge is 0.382 e. The second kappa shape index (κ2) is 12.9. The van der Waals surface area contributed by atoms with Crippen LogP contribution in [0.1, 0.15) is 128 Å². The Morgan fingerprint density at radius 2 is 0.953 bits per heavy atom. The molecule has 4 aliphatic carbocycles. The van der Waals surface area contributed by atoms with Gasteiger partial charge in [-0.3, -0.25) is 0 Å². The molecule has 6 rings (SSSR count). The van der Waals surface area contributed by atoms with Gasteiger partial charge in [0.2, 0.25) is 0 Å². The van der Waals surface area contributed by atoms with Gasteiger partial charge in [0.25, 0.3) is 0 Å². The first kappa shape index (κ1) is 30.0. The smallest absolute Gasteiger partial charge is 0.0419 e. The molecule has 2 atom stereocenters. The van der Waals surface area contributed by atoms with E-state index in [0.29, 0.717) is 23.9 Å². The van der Waals surface area contributed by atoms with Crippen LogP contribution in [0.5, 0.6) is 0 Å². The third-order valence-corrected chi connectivity index (χ3v) is 11.0. The fourth-order valence-corrected chi connectivity index (χ4v) is 8.44. The molecule has 0 amide bonds. The minimum atomic E-state index is 0.452. The maximum atomic E-state index is 4.00. The van der Waals surface area contributed by atoms with E-state index in [2.05, 4.69) is 101 Å². The summed E-state index contributed by atoms with van der Waals surface area (Å²) in [5, 5.41) is 8.00. The number of hydrogen-bond acceptors (Lipinski definition) is 2. The lowest BCUT2D eigenvalue weighted by molar-refractivity contribution is 0.462. The summed E-state index contributed by atoms with van der Waals surface area (Å²) in [5.41, 5.74) is 17.1. The summed E-state index contributed by atoms with van der Waals surface area (Å²) in [5.74, 6) is 0.904. The molecule has 0 aromatic heterocycles. The summed E-state index contributed by atoms with van der Waals surface area (Å²) in [7, 11) is 0. The molecule has 2 aromatic carbocycles. The number of nitrogens with one attached hydrogen (secondary N) is 2. The van der Waals surface area contributed by atoms with E-state index >= 15 is 0 Å². The summed E-state index contributed by atoms with van der Waals surface area (Å²) in [4.78, 5) is 0. The maximum absolute atomic E-state index is 4.00. The van der Waals surface area contributed by atoms with Gasteiger partial charge in [-0.05, 0) is 117 Å². The van der Waals surface area contributed by atoms with Gasteiger partial charge in [-0.2, -0.15) is 0 Å². The molecule has 0 saturated heterocycles. The van der Waals surface area contributed by atoms with Gasteiger partial charge in [-0.1, -0.05) is 87.8 Å². The van der Waals surface area contributed by atoms with Crippen LogP contribution in [0.3, 0.4) is 0 Å². The van der Waals surface area contributed by atoms with Gasteiger partial charge in [0.05, 0.1) is 0 Å². The Balaban J connectivity index is 1.34. The molecule has 0 bridgehead atoms. The molecule has 2 fully saturated rings. The SMILES string of the molecule is CC1=CC(C)C(c2cc(Cc3ccc(NC4CCCCC4)c(C4=C(C)C(C)=CC4C)c3)ccc2NC2CCCCC2)=C1C.